The summed E-state index contributed by atoms with van der Waals surface area (Å²) in [4.78, 5) is 8.22. The van der Waals surface area contributed by atoms with Gasteiger partial charge in [-0.05, 0) is 24.0 Å². The number of thiazole rings is 1. The molecule has 18 heavy (non-hydrogen) atoms. The Kier molecular flexibility index (Phi) is 4.45. The van der Waals surface area contributed by atoms with Gasteiger partial charge in [0.1, 0.15) is 16.9 Å². The molecule has 0 fully saturated rings. The summed E-state index contributed by atoms with van der Waals surface area (Å²) in [7, 11) is 0. The molecule has 1 N–H and O–H groups in total. The molecule has 2 heterocycles. The van der Waals surface area contributed by atoms with Gasteiger partial charge >= 0.3 is 0 Å². The lowest BCUT2D eigenvalue weighted by Crippen LogP contribution is -1.84. The maximum atomic E-state index is 8.36. The lowest BCUT2D eigenvalue weighted by atomic mass is 10.2. The molecule has 4 nitrogen and oxygen atoms in total. The zero-order valence-corrected chi connectivity index (χ0v) is 10.4. The van der Waals surface area contributed by atoms with Crippen molar-refractivity contribution in [1.29, 1.82) is 0 Å². The van der Waals surface area contributed by atoms with E-state index in [9.17, 15) is 0 Å². The molecule has 0 atom stereocenters. The van der Waals surface area contributed by atoms with Gasteiger partial charge in [0, 0.05) is 24.2 Å². The third kappa shape index (κ3) is 3.68. The SMILES string of the molecule is O/N=C\c1nc(C#CCCc2cccnc2)cs1. The fourth-order valence-electron chi connectivity index (χ4n) is 1.36. The number of aryl methyl sites for hydroxylation is 1. The number of hydrogen-bond acceptors (Lipinski definition) is 5. The molecule has 2 aromatic rings. The summed E-state index contributed by atoms with van der Waals surface area (Å²) < 4.78 is 0. The van der Waals surface area contributed by atoms with Gasteiger partial charge in [-0.15, -0.1) is 11.3 Å². The Balaban J connectivity index is 1.88. The van der Waals surface area contributed by atoms with Crippen molar-refractivity contribution in [1.82, 2.24) is 9.97 Å². The van der Waals surface area contributed by atoms with E-state index in [1.54, 1.807) is 6.20 Å². The molecule has 0 radical (unpaired) electrons. The van der Waals surface area contributed by atoms with Crippen LogP contribution in [0.2, 0.25) is 0 Å². The van der Waals surface area contributed by atoms with Crippen LogP contribution in [0.1, 0.15) is 22.7 Å². The second-order valence-corrected chi connectivity index (χ2v) is 4.37. The fraction of sp³-hybridized carbons (Fsp3) is 0.154. The van der Waals surface area contributed by atoms with Crippen molar-refractivity contribution in [2.75, 3.05) is 0 Å². The summed E-state index contributed by atoms with van der Waals surface area (Å²) in [6.07, 6.45) is 6.56. The molecule has 0 aliphatic carbocycles. The predicted octanol–water partition coefficient (Wildman–Crippen LogP) is 2.33. The van der Waals surface area contributed by atoms with E-state index >= 15 is 0 Å². The van der Waals surface area contributed by atoms with Crippen LogP contribution in [0.3, 0.4) is 0 Å². The van der Waals surface area contributed by atoms with Gasteiger partial charge in [-0.25, -0.2) is 4.98 Å². The summed E-state index contributed by atoms with van der Waals surface area (Å²) in [5.74, 6) is 6.04. The van der Waals surface area contributed by atoms with E-state index in [0.29, 0.717) is 10.7 Å². The molecule has 0 saturated heterocycles. The van der Waals surface area contributed by atoms with E-state index in [2.05, 4.69) is 27.0 Å². The highest BCUT2D eigenvalue weighted by atomic mass is 32.1. The van der Waals surface area contributed by atoms with Crippen molar-refractivity contribution in [3.05, 3.63) is 46.2 Å². The predicted molar refractivity (Wildman–Crippen MR) is 70.9 cm³/mol. The molecule has 0 aliphatic heterocycles. The average Bonchev–Trinajstić information content (AvgIpc) is 2.84. The van der Waals surface area contributed by atoms with Crippen LogP contribution in [0.4, 0.5) is 0 Å². The van der Waals surface area contributed by atoms with Crippen molar-refractivity contribution < 1.29 is 5.21 Å². The summed E-state index contributed by atoms with van der Waals surface area (Å²) in [6, 6.07) is 3.96. The minimum atomic E-state index is 0.647. The maximum Gasteiger partial charge on any atom is 0.139 e. The smallest absolute Gasteiger partial charge is 0.139 e. The zero-order valence-electron chi connectivity index (χ0n) is 9.58. The topological polar surface area (TPSA) is 58.4 Å². The highest BCUT2D eigenvalue weighted by molar-refractivity contribution is 7.11. The van der Waals surface area contributed by atoms with E-state index in [0.717, 1.165) is 12.8 Å². The van der Waals surface area contributed by atoms with Crippen molar-refractivity contribution in [2.24, 2.45) is 5.16 Å². The van der Waals surface area contributed by atoms with Gasteiger partial charge in [0.25, 0.3) is 0 Å². The highest BCUT2D eigenvalue weighted by Gasteiger charge is 1.95. The molecule has 0 aliphatic rings. The van der Waals surface area contributed by atoms with Gasteiger partial charge in [0.15, 0.2) is 0 Å². The molecule has 0 bridgehead atoms. The Morgan fingerprint density at radius 3 is 3.22 bits per heavy atom. The third-order valence-corrected chi connectivity index (χ3v) is 2.95. The summed E-state index contributed by atoms with van der Waals surface area (Å²) in [5.41, 5.74) is 1.89. The van der Waals surface area contributed by atoms with E-state index in [4.69, 9.17) is 5.21 Å². The minimum absolute atomic E-state index is 0.647. The number of pyridine rings is 1. The minimum Gasteiger partial charge on any atom is -0.411 e. The van der Waals surface area contributed by atoms with Crippen molar-refractivity contribution in [3.63, 3.8) is 0 Å². The first kappa shape index (κ1) is 12.3. The van der Waals surface area contributed by atoms with Gasteiger partial charge in [-0.3, -0.25) is 4.98 Å². The molecular weight excluding hydrogens is 246 g/mol. The standard InChI is InChI=1S/C13H11N3OS/c17-15-9-13-16-12(10-18-13)6-2-1-4-11-5-3-7-14-8-11/h3,5,7-10,17H,1,4H2/b15-9-. The zero-order chi connectivity index (χ0) is 12.6. The molecule has 0 unspecified atom stereocenters. The lowest BCUT2D eigenvalue weighted by molar-refractivity contribution is 0.322. The van der Waals surface area contributed by atoms with Gasteiger partial charge in [-0.2, -0.15) is 0 Å². The van der Waals surface area contributed by atoms with Crippen LogP contribution in [0.15, 0.2) is 35.1 Å². The van der Waals surface area contributed by atoms with Crippen molar-refractivity contribution in [3.8, 4) is 11.8 Å². The molecule has 2 rings (SSSR count). The molecule has 90 valence electrons. The van der Waals surface area contributed by atoms with Crippen LogP contribution in [0.5, 0.6) is 0 Å². The van der Waals surface area contributed by atoms with Gasteiger partial charge in [0.05, 0.1) is 0 Å². The Morgan fingerprint density at radius 1 is 1.50 bits per heavy atom. The Morgan fingerprint density at radius 2 is 2.44 bits per heavy atom. The maximum absolute atomic E-state index is 8.36. The number of oxime groups is 1. The first-order chi connectivity index (χ1) is 8.88. The quantitative estimate of drug-likeness (QED) is 0.397. The largest absolute Gasteiger partial charge is 0.411 e. The average molecular weight is 257 g/mol. The number of hydrogen-bond donors (Lipinski definition) is 1. The van der Waals surface area contributed by atoms with Crippen LogP contribution in [-0.4, -0.2) is 21.4 Å². The molecule has 0 amide bonds. The molecule has 0 spiro atoms. The molecular formula is C13H11N3OS. The normalized spacial score (nSPS) is 10.2. The van der Waals surface area contributed by atoms with E-state index in [1.807, 2.05) is 23.7 Å². The Hall–Kier alpha value is -2.19. The highest BCUT2D eigenvalue weighted by Crippen LogP contribution is 2.06. The van der Waals surface area contributed by atoms with Gasteiger partial charge < -0.3 is 5.21 Å². The van der Waals surface area contributed by atoms with Crippen LogP contribution in [-0.2, 0) is 6.42 Å². The number of aromatic nitrogens is 2. The summed E-state index contributed by atoms with van der Waals surface area (Å²) in [5, 5.41) is 13.8. The van der Waals surface area contributed by atoms with Crippen molar-refractivity contribution >= 4 is 17.6 Å². The molecule has 2 aromatic heterocycles. The van der Waals surface area contributed by atoms with Gasteiger partial charge in [0.2, 0.25) is 0 Å². The van der Waals surface area contributed by atoms with Gasteiger partial charge in [-0.1, -0.05) is 17.1 Å². The molecule has 5 heteroatoms. The number of rotatable bonds is 3. The molecule has 0 saturated carbocycles. The fourth-order valence-corrected chi connectivity index (χ4v) is 1.96. The Bertz CT molecular complexity index is 581. The van der Waals surface area contributed by atoms with E-state index in [-0.39, 0.29) is 0 Å². The summed E-state index contributed by atoms with van der Waals surface area (Å²) in [6.45, 7) is 0. The monoisotopic (exact) mass is 257 g/mol. The first-order valence-corrected chi connectivity index (χ1v) is 6.27. The Labute approximate surface area is 109 Å². The van der Waals surface area contributed by atoms with Crippen LogP contribution >= 0.6 is 11.3 Å². The second kappa shape index (κ2) is 6.52. The molecule has 0 aromatic carbocycles. The third-order valence-electron chi connectivity index (χ3n) is 2.17. The first-order valence-electron chi connectivity index (χ1n) is 5.39. The number of nitrogens with zero attached hydrogens (tertiary/aromatic N) is 3. The van der Waals surface area contributed by atoms with E-state index in [1.165, 1.54) is 23.1 Å². The summed E-state index contributed by atoms with van der Waals surface area (Å²) >= 11 is 1.40. The van der Waals surface area contributed by atoms with Crippen molar-refractivity contribution in [2.45, 2.75) is 12.8 Å². The van der Waals surface area contributed by atoms with Crippen LogP contribution < -0.4 is 0 Å². The van der Waals surface area contributed by atoms with Crippen LogP contribution in [0, 0.1) is 11.8 Å². The van der Waals surface area contributed by atoms with E-state index < -0.39 is 0 Å². The second-order valence-electron chi connectivity index (χ2n) is 3.48. The lowest BCUT2D eigenvalue weighted by Gasteiger charge is -1.93. The van der Waals surface area contributed by atoms with Crippen LogP contribution in [0.25, 0.3) is 0 Å².